The SMILES string of the molecule is NCC(CCO)C1c2ccccc2-c2ccccc21. The van der Waals surface area contributed by atoms with Gasteiger partial charge in [0.05, 0.1) is 0 Å². The van der Waals surface area contributed by atoms with Gasteiger partial charge in [-0.15, -0.1) is 0 Å². The minimum absolute atomic E-state index is 0.197. The second kappa shape index (κ2) is 5.16. The van der Waals surface area contributed by atoms with Crippen molar-refractivity contribution >= 4 is 0 Å². The monoisotopic (exact) mass is 253 g/mol. The van der Waals surface area contributed by atoms with Crippen LogP contribution < -0.4 is 5.73 Å². The number of hydrogen-bond donors (Lipinski definition) is 2. The van der Waals surface area contributed by atoms with E-state index in [0.717, 1.165) is 6.42 Å². The molecule has 19 heavy (non-hydrogen) atoms. The second-order valence-corrected chi connectivity index (χ2v) is 5.16. The average Bonchev–Trinajstić information content (AvgIpc) is 2.80. The van der Waals surface area contributed by atoms with Crippen LogP contribution in [0.2, 0.25) is 0 Å². The maximum atomic E-state index is 9.27. The minimum Gasteiger partial charge on any atom is -0.396 e. The van der Waals surface area contributed by atoms with Gasteiger partial charge in [0.15, 0.2) is 0 Å². The van der Waals surface area contributed by atoms with Crippen molar-refractivity contribution in [3.8, 4) is 11.1 Å². The van der Waals surface area contributed by atoms with Crippen LogP contribution in [-0.4, -0.2) is 18.3 Å². The van der Waals surface area contributed by atoms with Gasteiger partial charge in [-0.3, -0.25) is 0 Å². The topological polar surface area (TPSA) is 46.2 Å². The molecule has 0 saturated heterocycles. The molecule has 1 unspecified atom stereocenters. The van der Waals surface area contributed by atoms with E-state index in [0.29, 0.717) is 18.4 Å². The zero-order chi connectivity index (χ0) is 13.2. The van der Waals surface area contributed by atoms with E-state index in [2.05, 4.69) is 48.5 Å². The number of fused-ring (bicyclic) bond motifs is 3. The highest BCUT2D eigenvalue weighted by Crippen LogP contribution is 2.48. The Kier molecular flexibility index (Phi) is 3.36. The molecule has 0 radical (unpaired) electrons. The van der Waals surface area contributed by atoms with Gasteiger partial charge in [-0.05, 0) is 41.1 Å². The molecule has 3 rings (SSSR count). The van der Waals surface area contributed by atoms with Crippen LogP contribution in [0.5, 0.6) is 0 Å². The molecule has 0 heterocycles. The van der Waals surface area contributed by atoms with Gasteiger partial charge in [0.2, 0.25) is 0 Å². The van der Waals surface area contributed by atoms with E-state index in [1.165, 1.54) is 22.3 Å². The van der Waals surface area contributed by atoms with Crippen molar-refractivity contribution in [1.29, 1.82) is 0 Å². The fraction of sp³-hybridized carbons (Fsp3) is 0.294. The Morgan fingerprint density at radius 2 is 1.47 bits per heavy atom. The number of hydrogen-bond acceptors (Lipinski definition) is 2. The largest absolute Gasteiger partial charge is 0.396 e. The molecule has 98 valence electrons. The van der Waals surface area contributed by atoms with Gasteiger partial charge in [-0.25, -0.2) is 0 Å². The van der Waals surface area contributed by atoms with Crippen LogP contribution in [0.25, 0.3) is 11.1 Å². The third kappa shape index (κ3) is 1.97. The summed E-state index contributed by atoms with van der Waals surface area (Å²) in [6.45, 7) is 0.802. The highest BCUT2D eigenvalue weighted by Gasteiger charge is 2.32. The standard InChI is InChI=1S/C17H19NO/c18-11-12(9-10-19)17-15-7-3-1-5-13(15)14-6-2-4-8-16(14)17/h1-8,12,17,19H,9-11,18H2. The Hall–Kier alpha value is -1.64. The molecule has 2 aromatic rings. The first-order valence-corrected chi connectivity index (χ1v) is 6.86. The molecule has 0 aromatic heterocycles. The van der Waals surface area contributed by atoms with Crippen molar-refractivity contribution in [3.05, 3.63) is 59.7 Å². The van der Waals surface area contributed by atoms with Gasteiger partial charge < -0.3 is 10.8 Å². The first kappa shape index (κ1) is 12.4. The van der Waals surface area contributed by atoms with E-state index < -0.39 is 0 Å². The summed E-state index contributed by atoms with van der Waals surface area (Å²) in [5.41, 5.74) is 11.3. The Balaban J connectivity index is 2.14. The summed E-state index contributed by atoms with van der Waals surface area (Å²) in [5, 5.41) is 9.27. The lowest BCUT2D eigenvalue weighted by Crippen LogP contribution is -2.22. The summed E-state index contributed by atoms with van der Waals surface area (Å²) >= 11 is 0. The lowest BCUT2D eigenvalue weighted by molar-refractivity contribution is 0.251. The Bertz CT molecular complexity index is 533. The summed E-state index contributed by atoms with van der Waals surface area (Å²) in [5.74, 6) is 0.624. The van der Waals surface area contributed by atoms with E-state index in [1.807, 2.05) is 0 Å². The molecule has 2 nitrogen and oxygen atoms in total. The van der Waals surface area contributed by atoms with Crippen LogP contribution in [-0.2, 0) is 0 Å². The molecule has 2 aromatic carbocycles. The third-order valence-corrected chi connectivity index (χ3v) is 4.16. The number of nitrogens with two attached hydrogens (primary N) is 1. The van der Waals surface area contributed by atoms with Gasteiger partial charge in [-0.2, -0.15) is 0 Å². The molecule has 0 spiro atoms. The van der Waals surface area contributed by atoms with Crippen molar-refractivity contribution in [3.63, 3.8) is 0 Å². The van der Waals surface area contributed by atoms with E-state index >= 15 is 0 Å². The molecular weight excluding hydrogens is 234 g/mol. The van der Waals surface area contributed by atoms with Gasteiger partial charge in [0, 0.05) is 12.5 Å². The summed E-state index contributed by atoms with van der Waals surface area (Å²) in [7, 11) is 0. The maximum Gasteiger partial charge on any atom is 0.0434 e. The molecule has 0 saturated carbocycles. The molecule has 0 amide bonds. The van der Waals surface area contributed by atoms with E-state index in [4.69, 9.17) is 5.73 Å². The summed E-state index contributed by atoms with van der Waals surface area (Å²) in [4.78, 5) is 0. The van der Waals surface area contributed by atoms with Crippen LogP contribution in [0, 0.1) is 5.92 Å². The first-order chi connectivity index (χ1) is 9.36. The minimum atomic E-state index is 0.197. The highest BCUT2D eigenvalue weighted by molar-refractivity contribution is 5.78. The number of aliphatic hydroxyl groups excluding tert-OH is 1. The first-order valence-electron chi connectivity index (χ1n) is 6.86. The fourth-order valence-electron chi connectivity index (χ4n) is 3.29. The lowest BCUT2D eigenvalue weighted by Gasteiger charge is -2.23. The number of benzene rings is 2. The van der Waals surface area contributed by atoms with Crippen LogP contribution in [0.4, 0.5) is 0 Å². The van der Waals surface area contributed by atoms with Crippen LogP contribution in [0.3, 0.4) is 0 Å². The van der Waals surface area contributed by atoms with Crippen molar-refractivity contribution < 1.29 is 5.11 Å². The molecule has 2 heteroatoms. The molecular formula is C17H19NO. The Labute approximate surface area is 113 Å². The zero-order valence-electron chi connectivity index (χ0n) is 10.9. The molecule has 0 fully saturated rings. The number of rotatable bonds is 4. The predicted molar refractivity (Wildman–Crippen MR) is 78.0 cm³/mol. The van der Waals surface area contributed by atoms with Gasteiger partial charge in [0.1, 0.15) is 0 Å². The molecule has 1 aliphatic carbocycles. The van der Waals surface area contributed by atoms with E-state index in [-0.39, 0.29) is 6.61 Å². The van der Waals surface area contributed by atoms with Crippen LogP contribution in [0.15, 0.2) is 48.5 Å². The average molecular weight is 253 g/mol. The highest BCUT2D eigenvalue weighted by atomic mass is 16.3. The molecule has 0 aliphatic heterocycles. The van der Waals surface area contributed by atoms with Crippen molar-refractivity contribution in [2.24, 2.45) is 11.7 Å². The molecule has 1 aliphatic rings. The van der Waals surface area contributed by atoms with Gasteiger partial charge >= 0.3 is 0 Å². The maximum absolute atomic E-state index is 9.27. The lowest BCUT2D eigenvalue weighted by atomic mass is 9.82. The van der Waals surface area contributed by atoms with Crippen LogP contribution >= 0.6 is 0 Å². The van der Waals surface area contributed by atoms with Crippen molar-refractivity contribution in [2.75, 3.05) is 13.2 Å². The van der Waals surface area contributed by atoms with Gasteiger partial charge in [-0.1, -0.05) is 48.5 Å². The normalized spacial score (nSPS) is 15.1. The summed E-state index contributed by atoms with van der Waals surface area (Å²) in [6, 6.07) is 17.1. The van der Waals surface area contributed by atoms with E-state index in [1.54, 1.807) is 0 Å². The Morgan fingerprint density at radius 3 is 1.95 bits per heavy atom. The van der Waals surface area contributed by atoms with Crippen molar-refractivity contribution in [1.82, 2.24) is 0 Å². The Morgan fingerprint density at radius 1 is 0.947 bits per heavy atom. The van der Waals surface area contributed by atoms with Gasteiger partial charge in [0.25, 0.3) is 0 Å². The molecule has 0 bridgehead atoms. The molecule has 3 N–H and O–H groups in total. The smallest absolute Gasteiger partial charge is 0.0434 e. The summed E-state index contributed by atoms with van der Waals surface area (Å²) in [6.07, 6.45) is 0.754. The summed E-state index contributed by atoms with van der Waals surface area (Å²) < 4.78 is 0. The zero-order valence-corrected chi connectivity index (χ0v) is 10.9. The quantitative estimate of drug-likeness (QED) is 0.880. The van der Waals surface area contributed by atoms with E-state index in [9.17, 15) is 5.11 Å². The number of aliphatic hydroxyl groups is 1. The fourth-order valence-corrected chi connectivity index (χ4v) is 3.29. The second-order valence-electron chi connectivity index (χ2n) is 5.16. The predicted octanol–water partition coefficient (Wildman–Crippen LogP) is 2.76. The van der Waals surface area contributed by atoms with Crippen LogP contribution in [0.1, 0.15) is 23.5 Å². The van der Waals surface area contributed by atoms with Crippen molar-refractivity contribution in [2.45, 2.75) is 12.3 Å². The third-order valence-electron chi connectivity index (χ3n) is 4.16. The molecule has 1 atom stereocenters.